The van der Waals surface area contributed by atoms with E-state index in [2.05, 4.69) is 26.0 Å². The number of nitrogens with zero attached hydrogens (tertiary/aromatic N) is 4. The lowest BCUT2D eigenvalue weighted by atomic mass is 10.1. The molecule has 3 heterocycles. The molecule has 0 unspecified atom stereocenters. The van der Waals surface area contributed by atoms with Gasteiger partial charge in [0.1, 0.15) is 34.9 Å². The average molecular weight is 525 g/mol. The maximum atomic E-state index is 13.3. The van der Waals surface area contributed by atoms with E-state index in [1.165, 1.54) is 60.3 Å². The Hall–Kier alpha value is -4.99. The number of anilines is 2. The van der Waals surface area contributed by atoms with Crippen LogP contribution < -0.4 is 16.6 Å². The SMILES string of the molecule is Nc1ncnc2c1c(-c1ccc(NC(=O)c3c(O)ccn(-c4ccc(F)cc4)c3=O)cc1)cn2C1CCCC1. The van der Waals surface area contributed by atoms with Crippen LogP contribution in [0.4, 0.5) is 15.9 Å². The number of nitrogens with one attached hydrogen (secondary N) is 1. The minimum atomic E-state index is -0.766. The molecule has 4 N–H and O–H groups in total. The minimum Gasteiger partial charge on any atom is -0.507 e. The van der Waals surface area contributed by atoms with Crippen molar-refractivity contribution in [1.29, 1.82) is 0 Å². The highest BCUT2D eigenvalue weighted by Crippen LogP contribution is 2.38. The van der Waals surface area contributed by atoms with Crippen LogP contribution in [0.25, 0.3) is 27.8 Å². The van der Waals surface area contributed by atoms with Crippen molar-refractivity contribution in [2.75, 3.05) is 11.1 Å². The number of nitrogens with two attached hydrogens (primary N) is 1. The highest BCUT2D eigenvalue weighted by molar-refractivity contribution is 6.06. The van der Waals surface area contributed by atoms with E-state index >= 15 is 0 Å². The van der Waals surface area contributed by atoms with Gasteiger partial charge in [0, 0.05) is 35.4 Å². The zero-order valence-corrected chi connectivity index (χ0v) is 20.8. The molecule has 6 rings (SSSR count). The Bertz CT molecular complexity index is 1750. The summed E-state index contributed by atoms with van der Waals surface area (Å²) < 4.78 is 16.7. The Kier molecular flexibility index (Phi) is 6.07. The number of rotatable bonds is 5. The van der Waals surface area contributed by atoms with Crippen LogP contribution in [0.5, 0.6) is 5.75 Å². The van der Waals surface area contributed by atoms with Crippen molar-refractivity contribution in [3.63, 3.8) is 0 Å². The monoisotopic (exact) mass is 524 g/mol. The van der Waals surface area contributed by atoms with Crippen LogP contribution in [0.2, 0.25) is 0 Å². The molecule has 1 aliphatic rings. The number of benzene rings is 2. The molecule has 0 atom stereocenters. The Morgan fingerprint density at radius 2 is 1.74 bits per heavy atom. The number of aromatic hydroxyl groups is 1. The third-order valence-corrected chi connectivity index (χ3v) is 7.21. The van der Waals surface area contributed by atoms with E-state index in [0.717, 1.165) is 35.0 Å². The highest BCUT2D eigenvalue weighted by atomic mass is 19.1. The van der Waals surface area contributed by atoms with Crippen LogP contribution in [-0.2, 0) is 0 Å². The molecule has 0 saturated heterocycles. The average Bonchev–Trinajstić information content (AvgIpc) is 3.59. The van der Waals surface area contributed by atoms with Gasteiger partial charge in [0.2, 0.25) is 0 Å². The molecule has 39 heavy (non-hydrogen) atoms. The standard InChI is InChI=1S/C29H25FN6O3/c30-18-7-11-21(12-8-18)35-14-13-23(37)25(29(35)39)28(38)34-19-9-5-17(6-10-19)22-15-36(20-3-1-2-4-20)27-24(22)26(31)32-16-33-27/h5-16,20,37H,1-4H2,(H,34,38)(H2,31,32,33). The quantitative estimate of drug-likeness (QED) is 0.295. The van der Waals surface area contributed by atoms with Gasteiger partial charge in [0.05, 0.1) is 5.39 Å². The second kappa shape index (κ2) is 9.71. The number of hydrogen-bond acceptors (Lipinski definition) is 6. The zero-order chi connectivity index (χ0) is 27.1. The molecule has 2 aromatic carbocycles. The van der Waals surface area contributed by atoms with E-state index < -0.39 is 28.6 Å². The number of pyridine rings is 1. The topological polar surface area (TPSA) is 128 Å². The number of nitrogen functional groups attached to an aromatic ring is 1. The van der Waals surface area contributed by atoms with Crippen molar-refractivity contribution in [3.05, 3.63) is 95.1 Å². The molecule has 1 saturated carbocycles. The first-order valence-corrected chi connectivity index (χ1v) is 12.6. The van der Waals surface area contributed by atoms with E-state index in [4.69, 9.17) is 5.73 Å². The molecule has 1 amide bonds. The largest absolute Gasteiger partial charge is 0.507 e. The first-order chi connectivity index (χ1) is 18.9. The van der Waals surface area contributed by atoms with Crippen LogP contribution in [0.15, 0.2) is 78.1 Å². The van der Waals surface area contributed by atoms with Crippen molar-refractivity contribution in [3.8, 4) is 22.6 Å². The van der Waals surface area contributed by atoms with Gasteiger partial charge in [0.25, 0.3) is 11.5 Å². The molecule has 0 spiro atoms. The fourth-order valence-electron chi connectivity index (χ4n) is 5.26. The number of carbonyl (C=O) groups is 1. The van der Waals surface area contributed by atoms with Crippen LogP contribution in [0.3, 0.4) is 0 Å². The summed E-state index contributed by atoms with van der Waals surface area (Å²) in [5.41, 5.74) is 8.48. The van der Waals surface area contributed by atoms with Gasteiger partial charge in [-0.25, -0.2) is 14.4 Å². The normalized spacial score (nSPS) is 13.7. The molecule has 0 radical (unpaired) electrons. The third kappa shape index (κ3) is 4.39. The van der Waals surface area contributed by atoms with Crippen molar-refractivity contribution in [1.82, 2.24) is 19.1 Å². The summed E-state index contributed by atoms with van der Waals surface area (Å²) in [5.74, 6) is -1.27. The smallest absolute Gasteiger partial charge is 0.271 e. The van der Waals surface area contributed by atoms with Crippen molar-refractivity contribution >= 4 is 28.4 Å². The summed E-state index contributed by atoms with van der Waals surface area (Å²) >= 11 is 0. The van der Waals surface area contributed by atoms with Gasteiger partial charge in [-0.05, 0) is 60.9 Å². The fourth-order valence-corrected chi connectivity index (χ4v) is 5.26. The van der Waals surface area contributed by atoms with Crippen molar-refractivity contribution in [2.24, 2.45) is 0 Å². The summed E-state index contributed by atoms with van der Waals surface area (Å²) in [6.45, 7) is 0. The van der Waals surface area contributed by atoms with Crippen LogP contribution in [0, 0.1) is 5.82 Å². The molecule has 0 aliphatic heterocycles. The molecule has 0 bridgehead atoms. The fraction of sp³-hybridized carbons (Fsp3) is 0.172. The summed E-state index contributed by atoms with van der Waals surface area (Å²) in [6, 6.07) is 14.0. The first-order valence-electron chi connectivity index (χ1n) is 12.6. The molecule has 1 fully saturated rings. The van der Waals surface area contributed by atoms with E-state index in [1.807, 2.05) is 12.1 Å². The predicted molar refractivity (Wildman–Crippen MR) is 146 cm³/mol. The second-order valence-corrected chi connectivity index (χ2v) is 9.60. The van der Waals surface area contributed by atoms with Crippen molar-refractivity contribution in [2.45, 2.75) is 31.7 Å². The Morgan fingerprint density at radius 1 is 1.03 bits per heavy atom. The Labute approximate surface area is 222 Å². The second-order valence-electron chi connectivity index (χ2n) is 9.60. The van der Waals surface area contributed by atoms with Gasteiger partial charge in [-0.15, -0.1) is 0 Å². The van der Waals surface area contributed by atoms with E-state index in [1.54, 1.807) is 12.1 Å². The third-order valence-electron chi connectivity index (χ3n) is 7.21. The Balaban J connectivity index is 1.30. The lowest BCUT2D eigenvalue weighted by Crippen LogP contribution is -2.28. The summed E-state index contributed by atoms with van der Waals surface area (Å²) in [7, 11) is 0. The number of halogens is 1. The lowest BCUT2D eigenvalue weighted by molar-refractivity contribution is 0.102. The molecular weight excluding hydrogens is 499 g/mol. The number of hydrogen-bond donors (Lipinski definition) is 3. The molecular formula is C29H25FN6O3. The highest BCUT2D eigenvalue weighted by Gasteiger charge is 2.23. The van der Waals surface area contributed by atoms with Crippen LogP contribution >= 0.6 is 0 Å². The van der Waals surface area contributed by atoms with Gasteiger partial charge in [-0.2, -0.15) is 0 Å². The van der Waals surface area contributed by atoms with Gasteiger partial charge >= 0.3 is 0 Å². The maximum Gasteiger partial charge on any atom is 0.271 e. The van der Waals surface area contributed by atoms with Gasteiger partial charge in [-0.1, -0.05) is 25.0 Å². The van der Waals surface area contributed by atoms with E-state index in [-0.39, 0.29) is 0 Å². The number of aromatic nitrogens is 4. The van der Waals surface area contributed by atoms with Gasteiger partial charge in [0.15, 0.2) is 0 Å². The van der Waals surface area contributed by atoms with Gasteiger partial charge < -0.3 is 20.7 Å². The van der Waals surface area contributed by atoms with Crippen LogP contribution in [-0.4, -0.2) is 30.1 Å². The summed E-state index contributed by atoms with van der Waals surface area (Å²) in [4.78, 5) is 34.8. The number of amides is 1. The summed E-state index contributed by atoms with van der Waals surface area (Å²) in [5, 5.41) is 13.8. The maximum absolute atomic E-state index is 13.3. The number of fused-ring (bicyclic) bond motifs is 1. The van der Waals surface area contributed by atoms with E-state index in [0.29, 0.717) is 23.2 Å². The molecule has 196 valence electrons. The van der Waals surface area contributed by atoms with Crippen LogP contribution in [0.1, 0.15) is 42.1 Å². The van der Waals surface area contributed by atoms with Gasteiger partial charge in [-0.3, -0.25) is 14.2 Å². The zero-order valence-electron chi connectivity index (χ0n) is 20.8. The first kappa shape index (κ1) is 24.4. The van der Waals surface area contributed by atoms with E-state index in [9.17, 15) is 19.1 Å². The molecule has 3 aromatic heterocycles. The Morgan fingerprint density at radius 3 is 2.46 bits per heavy atom. The van der Waals surface area contributed by atoms with Crippen molar-refractivity contribution < 1.29 is 14.3 Å². The minimum absolute atomic E-state index is 0.361. The molecule has 5 aromatic rings. The lowest BCUT2D eigenvalue weighted by Gasteiger charge is -2.12. The number of carbonyl (C=O) groups excluding carboxylic acids is 1. The predicted octanol–water partition coefficient (Wildman–Crippen LogP) is 5.04. The molecule has 1 aliphatic carbocycles. The molecule has 10 heteroatoms. The molecule has 9 nitrogen and oxygen atoms in total. The summed E-state index contributed by atoms with van der Waals surface area (Å²) in [6.07, 6.45) is 9.42.